The smallest absolute Gasteiger partial charge is 0.251 e. The highest BCUT2D eigenvalue weighted by Gasteiger charge is 2.25. The lowest BCUT2D eigenvalue weighted by Gasteiger charge is -2.16. The second-order valence-corrected chi connectivity index (χ2v) is 4.68. The first kappa shape index (κ1) is 13.1. The first-order valence-corrected chi connectivity index (χ1v) is 6.42. The van der Waals surface area contributed by atoms with Crippen molar-refractivity contribution in [3.8, 4) is 0 Å². The van der Waals surface area contributed by atoms with Gasteiger partial charge in [0, 0.05) is 12.2 Å². The molecule has 1 aromatic rings. The molecule has 2 atom stereocenters. The summed E-state index contributed by atoms with van der Waals surface area (Å²) in [5, 5.41) is 3.01. The topological polar surface area (TPSA) is 64.3 Å². The minimum Gasteiger partial charge on any atom is -0.376 e. The van der Waals surface area contributed by atoms with Gasteiger partial charge in [-0.1, -0.05) is 12.1 Å². The number of benzene rings is 1. The Morgan fingerprint density at radius 3 is 2.72 bits per heavy atom. The Hall–Kier alpha value is -1.39. The van der Waals surface area contributed by atoms with Crippen molar-refractivity contribution in [2.45, 2.75) is 31.9 Å². The molecule has 1 heterocycles. The summed E-state index contributed by atoms with van der Waals surface area (Å²) in [4.78, 5) is 12.0. The molecule has 1 amide bonds. The van der Waals surface area contributed by atoms with Crippen molar-refractivity contribution < 1.29 is 9.53 Å². The van der Waals surface area contributed by atoms with Gasteiger partial charge in [0.25, 0.3) is 5.91 Å². The molecule has 4 heteroatoms. The number of nitrogens with two attached hydrogens (primary N) is 1. The van der Waals surface area contributed by atoms with Gasteiger partial charge in [-0.15, -0.1) is 0 Å². The molecule has 0 aliphatic carbocycles. The third-order valence-corrected chi connectivity index (χ3v) is 3.34. The van der Waals surface area contributed by atoms with Crippen molar-refractivity contribution in [3.63, 3.8) is 0 Å². The van der Waals surface area contributed by atoms with Gasteiger partial charge >= 0.3 is 0 Å². The molecular formula is C14H20N2O2. The minimum absolute atomic E-state index is 0.0309. The van der Waals surface area contributed by atoms with Crippen molar-refractivity contribution in [2.75, 3.05) is 13.2 Å². The van der Waals surface area contributed by atoms with Crippen LogP contribution in [0.5, 0.6) is 0 Å². The number of amides is 1. The van der Waals surface area contributed by atoms with Gasteiger partial charge < -0.3 is 15.8 Å². The largest absolute Gasteiger partial charge is 0.376 e. The van der Waals surface area contributed by atoms with Gasteiger partial charge in [0.1, 0.15) is 0 Å². The monoisotopic (exact) mass is 248 g/mol. The van der Waals surface area contributed by atoms with E-state index in [2.05, 4.69) is 5.32 Å². The van der Waals surface area contributed by atoms with Crippen LogP contribution in [0, 0.1) is 0 Å². The number of ether oxygens (including phenoxy) is 1. The van der Waals surface area contributed by atoms with Gasteiger partial charge in [0.15, 0.2) is 0 Å². The summed E-state index contributed by atoms with van der Waals surface area (Å²) < 4.78 is 5.42. The summed E-state index contributed by atoms with van der Waals surface area (Å²) in [6.07, 6.45) is 1.83. The maximum absolute atomic E-state index is 12.0. The maximum Gasteiger partial charge on any atom is 0.251 e. The standard InChI is InChI=1S/C14H20N2O2/c1-10-13(7-9-18-10)16-14(17)12-4-2-11(3-5-12)6-8-15/h2-5,10,13H,6-9,15H2,1H3,(H,16,17). The molecule has 3 N–H and O–H groups in total. The molecule has 1 aliphatic heterocycles. The molecule has 0 spiro atoms. The molecule has 18 heavy (non-hydrogen) atoms. The first-order chi connectivity index (χ1) is 8.70. The van der Waals surface area contributed by atoms with Gasteiger partial charge in [-0.3, -0.25) is 4.79 Å². The zero-order valence-electron chi connectivity index (χ0n) is 10.7. The van der Waals surface area contributed by atoms with E-state index in [0.29, 0.717) is 12.1 Å². The van der Waals surface area contributed by atoms with Crippen molar-refractivity contribution in [1.29, 1.82) is 0 Å². The molecule has 1 fully saturated rings. The highest BCUT2D eigenvalue weighted by Crippen LogP contribution is 2.13. The first-order valence-electron chi connectivity index (χ1n) is 6.42. The predicted molar refractivity (Wildman–Crippen MR) is 70.5 cm³/mol. The minimum atomic E-state index is -0.0309. The zero-order valence-corrected chi connectivity index (χ0v) is 10.7. The number of carbonyl (C=O) groups excluding carboxylic acids is 1. The Balaban J connectivity index is 1.96. The van der Waals surface area contributed by atoms with Crippen LogP contribution < -0.4 is 11.1 Å². The molecule has 1 saturated heterocycles. The van der Waals surface area contributed by atoms with Crippen LogP contribution in [0.3, 0.4) is 0 Å². The third-order valence-electron chi connectivity index (χ3n) is 3.34. The fraction of sp³-hybridized carbons (Fsp3) is 0.500. The summed E-state index contributed by atoms with van der Waals surface area (Å²) in [7, 11) is 0. The second kappa shape index (κ2) is 5.98. The highest BCUT2D eigenvalue weighted by molar-refractivity contribution is 5.94. The van der Waals surface area contributed by atoms with E-state index in [4.69, 9.17) is 10.5 Å². The van der Waals surface area contributed by atoms with E-state index in [9.17, 15) is 4.79 Å². The van der Waals surface area contributed by atoms with Gasteiger partial charge in [-0.25, -0.2) is 0 Å². The fourth-order valence-electron chi connectivity index (χ4n) is 2.16. The molecule has 2 unspecified atom stereocenters. The summed E-state index contributed by atoms with van der Waals surface area (Å²) >= 11 is 0. The quantitative estimate of drug-likeness (QED) is 0.838. The van der Waals surface area contributed by atoms with E-state index >= 15 is 0 Å². The molecule has 0 radical (unpaired) electrons. The Labute approximate surface area is 108 Å². The normalized spacial score (nSPS) is 23.0. The van der Waals surface area contributed by atoms with Gasteiger partial charge in [0.05, 0.1) is 12.1 Å². The molecular weight excluding hydrogens is 228 g/mol. The van der Waals surface area contributed by atoms with Gasteiger partial charge in [-0.05, 0) is 44.0 Å². The van der Waals surface area contributed by atoms with Crippen LogP contribution in [-0.2, 0) is 11.2 Å². The molecule has 98 valence electrons. The lowest BCUT2D eigenvalue weighted by molar-refractivity contribution is 0.0866. The summed E-state index contributed by atoms with van der Waals surface area (Å²) in [5.41, 5.74) is 7.34. The van der Waals surface area contributed by atoms with Crippen LogP contribution in [0.2, 0.25) is 0 Å². The third kappa shape index (κ3) is 3.09. The zero-order chi connectivity index (χ0) is 13.0. The highest BCUT2D eigenvalue weighted by atomic mass is 16.5. The van der Waals surface area contributed by atoms with Crippen LogP contribution in [0.15, 0.2) is 24.3 Å². The molecule has 1 aromatic carbocycles. The number of hydrogen-bond donors (Lipinski definition) is 2. The Kier molecular flexibility index (Phi) is 4.33. The molecule has 0 aromatic heterocycles. The van der Waals surface area contributed by atoms with E-state index < -0.39 is 0 Å². The van der Waals surface area contributed by atoms with Crippen LogP contribution in [0.25, 0.3) is 0 Å². The Morgan fingerprint density at radius 2 is 2.17 bits per heavy atom. The van der Waals surface area contributed by atoms with E-state index in [1.54, 1.807) is 0 Å². The van der Waals surface area contributed by atoms with Crippen molar-refractivity contribution in [2.24, 2.45) is 5.73 Å². The number of hydrogen-bond acceptors (Lipinski definition) is 3. The molecule has 2 rings (SSSR count). The van der Waals surface area contributed by atoms with Crippen LogP contribution in [-0.4, -0.2) is 31.2 Å². The molecule has 0 bridgehead atoms. The molecule has 4 nitrogen and oxygen atoms in total. The van der Waals surface area contributed by atoms with Crippen LogP contribution in [0.1, 0.15) is 29.3 Å². The predicted octanol–water partition coefficient (Wildman–Crippen LogP) is 1.10. The number of rotatable bonds is 4. The van der Waals surface area contributed by atoms with E-state index in [1.807, 2.05) is 31.2 Å². The number of carbonyl (C=O) groups is 1. The van der Waals surface area contributed by atoms with Crippen molar-refractivity contribution in [1.82, 2.24) is 5.32 Å². The van der Waals surface area contributed by atoms with E-state index in [-0.39, 0.29) is 18.1 Å². The van der Waals surface area contributed by atoms with Gasteiger partial charge in [-0.2, -0.15) is 0 Å². The van der Waals surface area contributed by atoms with Gasteiger partial charge in [0.2, 0.25) is 0 Å². The SMILES string of the molecule is CC1OCCC1NC(=O)c1ccc(CCN)cc1. The Bertz CT molecular complexity index is 403. The fourth-order valence-corrected chi connectivity index (χ4v) is 2.16. The maximum atomic E-state index is 12.0. The van der Waals surface area contributed by atoms with E-state index in [1.165, 1.54) is 0 Å². The second-order valence-electron chi connectivity index (χ2n) is 4.68. The van der Waals surface area contributed by atoms with Crippen molar-refractivity contribution >= 4 is 5.91 Å². The van der Waals surface area contributed by atoms with Crippen LogP contribution in [0.4, 0.5) is 0 Å². The average Bonchev–Trinajstić information content (AvgIpc) is 2.76. The van der Waals surface area contributed by atoms with E-state index in [0.717, 1.165) is 25.0 Å². The van der Waals surface area contributed by atoms with Crippen molar-refractivity contribution in [3.05, 3.63) is 35.4 Å². The summed E-state index contributed by atoms with van der Waals surface area (Å²) in [6, 6.07) is 7.73. The molecule has 0 saturated carbocycles. The average molecular weight is 248 g/mol. The van der Waals surface area contributed by atoms with Crippen LogP contribution >= 0.6 is 0 Å². The molecule has 1 aliphatic rings. The lowest BCUT2D eigenvalue weighted by Crippen LogP contribution is -2.39. The lowest BCUT2D eigenvalue weighted by atomic mass is 10.1. The summed E-state index contributed by atoms with van der Waals surface area (Å²) in [6.45, 7) is 3.34. The summed E-state index contributed by atoms with van der Waals surface area (Å²) in [5.74, 6) is -0.0309. The Morgan fingerprint density at radius 1 is 1.44 bits per heavy atom. The number of nitrogens with one attached hydrogen (secondary N) is 1.